The fourth-order valence-electron chi connectivity index (χ4n) is 4.95. The number of rotatable bonds is 16. The Morgan fingerprint density at radius 2 is 1.81 bits per heavy atom. The lowest BCUT2D eigenvalue weighted by Gasteiger charge is -2.30. The summed E-state index contributed by atoms with van der Waals surface area (Å²) in [4.78, 5) is 0.152. The number of nitrogens with one attached hydrogen (secondary N) is 3. The first-order valence-electron chi connectivity index (χ1n) is 14.9. The SMILES string of the molecule is C=C1/C=C\C=C/C[C@H](NC(=C)[C@H](Cc2ccccc2)C[C@H](O)CNS(=O)(=O)c2ccc(NCCCCC)cc2)[C@H](O)C1. The van der Waals surface area contributed by atoms with Crippen LogP contribution >= 0.6 is 0 Å². The van der Waals surface area contributed by atoms with Gasteiger partial charge in [-0.3, -0.25) is 0 Å². The van der Waals surface area contributed by atoms with Gasteiger partial charge in [0.15, 0.2) is 0 Å². The summed E-state index contributed by atoms with van der Waals surface area (Å²) in [6.45, 7) is 11.2. The Morgan fingerprint density at radius 1 is 1.07 bits per heavy atom. The maximum absolute atomic E-state index is 13.0. The quantitative estimate of drug-likeness (QED) is 0.165. The molecule has 0 unspecified atom stereocenters. The molecular weight excluding hydrogens is 546 g/mol. The lowest BCUT2D eigenvalue weighted by molar-refractivity contribution is 0.127. The van der Waals surface area contributed by atoms with E-state index in [9.17, 15) is 18.6 Å². The average Bonchev–Trinajstić information content (AvgIpc) is 3.05. The van der Waals surface area contributed by atoms with Gasteiger partial charge in [0.1, 0.15) is 0 Å². The number of hydrogen-bond acceptors (Lipinski definition) is 6. The summed E-state index contributed by atoms with van der Waals surface area (Å²) in [7, 11) is -3.79. The van der Waals surface area contributed by atoms with Crippen molar-refractivity contribution >= 4 is 15.7 Å². The molecule has 0 saturated heterocycles. The van der Waals surface area contributed by atoms with Gasteiger partial charge in [0.05, 0.1) is 23.1 Å². The molecule has 5 N–H and O–H groups in total. The molecule has 0 aromatic heterocycles. The Hall–Kier alpha value is -3.17. The van der Waals surface area contributed by atoms with Crippen LogP contribution in [0.2, 0.25) is 0 Å². The second kappa shape index (κ2) is 17.1. The summed E-state index contributed by atoms with van der Waals surface area (Å²) in [5.41, 5.74) is 3.49. The van der Waals surface area contributed by atoms with Crippen molar-refractivity contribution in [2.75, 3.05) is 18.4 Å². The normalized spacial score (nSPS) is 20.4. The monoisotopic (exact) mass is 593 g/mol. The van der Waals surface area contributed by atoms with Crippen LogP contribution in [0.5, 0.6) is 0 Å². The van der Waals surface area contributed by atoms with Crippen LogP contribution < -0.4 is 15.4 Å². The van der Waals surface area contributed by atoms with Crippen molar-refractivity contribution in [2.45, 2.75) is 75.0 Å². The first-order valence-corrected chi connectivity index (χ1v) is 16.4. The number of unbranched alkanes of at least 4 members (excludes halogenated alkanes) is 2. The average molecular weight is 594 g/mol. The number of benzene rings is 2. The number of aliphatic hydroxyl groups is 2. The second-order valence-corrected chi connectivity index (χ2v) is 12.8. The number of sulfonamides is 1. The molecule has 1 aliphatic carbocycles. The molecule has 2 aromatic rings. The van der Waals surface area contributed by atoms with E-state index >= 15 is 0 Å². The predicted molar refractivity (Wildman–Crippen MR) is 173 cm³/mol. The Kier molecular flexibility index (Phi) is 13.5. The van der Waals surface area contributed by atoms with Crippen molar-refractivity contribution in [1.82, 2.24) is 10.0 Å². The molecule has 3 rings (SSSR count). The van der Waals surface area contributed by atoms with Crippen molar-refractivity contribution in [3.63, 3.8) is 0 Å². The Morgan fingerprint density at radius 3 is 2.52 bits per heavy atom. The fraction of sp³-hybridized carbons (Fsp3) is 0.412. The molecule has 4 atom stereocenters. The van der Waals surface area contributed by atoms with Crippen molar-refractivity contribution in [3.05, 3.63) is 109 Å². The van der Waals surface area contributed by atoms with Gasteiger partial charge in [0.25, 0.3) is 0 Å². The molecule has 8 heteroatoms. The van der Waals surface area contributed by atoms with E-state index in [2.05, 4.69) is 35.4 Å². The summed E-state index contributed by atoms with van der Waals surface area (Å²) < 4.78 is 28.5. The van der Waals surface area contributed by atoms with Gasteiger partial charge in [-0.05, 0) is 61.9 Å². The van der Waals surface area contributed by atoms with E-state index in [1.165, 1.54) is 0 Å². The molecule has 2 aromatic carbocycles. The van der Waals surface area contributed by atoms with Crippen molar-refractivity contribution in [1.29, 1.82) is 0 Å². The maximum Gasteiger partial charge on any atom is 0.240 e. The van der Waals surface area contributed by atoms with Gasteiger partial charge in [-0.2, -0.15) is 0 Å². The number of anilines is 1. The van der Waals surface area contributed by atoms with Gasteiger partial charge in [0.2, 0.25) is 10.0 Å². The van der Waals surface area contributed by atoms with Crippen molar-refractivity contribution < 1.29 is 18.6 Å². The zero-order valence-corrected chi connectivity index (χ0v) is 25.5. The standard InChI is InChI=1S/C34H47N3O4S/c1-4-5-12-21-35-30-17-19-32(20-18-30)42(40,41)36-25-31(38)24-29(23-28-14-9-7-10-15-28)27(3)37-33-16-11-6-8-13-26(2)22-34(33)39/h6-11,13-15,17-20,29,31,33-39H,2-5,12,16,21-25H2,1H3/b11-6-,13-8-/t29-,31+,33+,34-/m1/s1. The van der Waals surface area contributed by atoms with E-state index in [1.54, 1.807) is 24.3 Å². The molecule has 0 spiro atoms. The van der Waals surface area contributed by atoms with Crippen LogP contribution in [0.4, 0.5) is 5.69 Å². The summed E-state index contributed by atoms with van der Waals surface area (Å²) >= 11 is 0. The molecule has 0 amide bonds. The molecule has 0 fully saturated rings. The zero-order valence-electron chi connectivity index (χ0n) is 24.7. The minimum atomic E-state index is -3.79. The highest BCUT2D eigenvalue weighted by atomic mass is 32.2. The van der Waals surface area contributed by atoms with Crippen molar-refractivity contribution in [3.8, 4) is 0 Å². The lowest BCUT2D eigenvalue weighted by Crippen LogP contribution is -2.41. The maximum atomic E-state index is 13.0. The molecule has 0 radical (unpaired) electrons. The third-order valence-corrected chi connectivity index (χ3v) is 8.87. The van der Waals surface area contributed by atoms with Crippen LogP contribution in [0.1, 0.15) is 51.0 Å². The molecule has 7 nitrogen and oxygen atoms in total. The summed E-state index contributed by atoms with van der Waals surface area (Å²) in [5, 5.41) is 28.6. The third-order valence-electron chi connectivity index (χ3n) is 7.43. The molecule has 0 bridgehead atoms. The highest BCUT2D eigenvalue weighted by molar-refractivity contribution is 7.89. The number of allylic oxidation sites excluding steroid dienone is 4. The second-order valence-electron chi connectivity index (χ2n) is 11.0. The molecular formula is C34H47N3O4S. The highest BCUT2D eigenvalue weighted by Crippen LogP contribution is 2.23. The van der Waals surface area contributed by atoms with Gasteiger partial charge in [-0.15, -0.1) is 0 Å². The van der Waals surface area contributed by atoms with Crippen LogP contribution in [-0.4, -0.2) is 50.0 Å². The first kappa shape index (κ1) is 33.3. The van der Waals surface area contributed by atoms with E-state index in [1.807, 2.05) is 54.6 Å². The summed E-state index contributed by atoms with van der Waals surface area (Å²) in [6, 6.07) is 16.3. The van der Waals surface area contributed by atoms with E-state index in [-0.39, 0.29) is 29.8 Å². The molecule has 0 saturated carbocycles. The predicted octanol–water partition coefficient (Wildman–Crippen LogP) is 5.47. The zero-order chi connectivity index (χ0) is 30.4. The van der Waals surface area contributed by atoms with Gasteiger partial charge in [-0.1, -0.05) is 93.1 Å². The summed E-state index contributed by atoms with van der Waals surface area (Å²) in [5.74, 6) is -0.199. The minimum absolute atomic E-state index is 0.127. The van der Waals surface area contributed by atoms with E-state index < -0.39 is 22.2 Å². The van der Waals surface area contributed by atoms with Crippen LogP contribution in [-0.2, 0) is 16.4 Å². The molecule has 228 valence electrons. The smallest absolute Gasteiger partial charge is 0.240 e. The van der Waals surface area contributed by atoms with Gasteiger partial charge < -0.3 is 20.8 Å². The largest absolute Gasteiger partial charge is 0.392 e. The number of aliphatic hydroxyl groups excluding tert-OH is 2. The molecule has 0 aliphatic heterocycles. The van der Waals surface area contributed by atoms with Crippen LogP contribution in [0, 0.1) is 5.92 Å². The number of hydrogen-bond donors (Lipinski definition) is 5. The molecule has 0 heterocycles. The lowest BCUT2D eigenvalue weighted by atomic mass is 9.90. The first-order chi connectivity index (χ1) is 20.2. The van der Waals surface area contributed by atoms with Crippen LogP contribution in [0.3, 0.4) is 0 Å². The Bertz CT molecular complexity index is 1290. The van der Waals surface area contributed by atoms with E-state index in [0.717, 1.165) is 42.6 Å². The third kappa shape index (κ3) is 11.2. The molecule has 42 heavy (non-hydrogen) atoms. The van der Waals surface area contributed by atoms with E-state index in [4.69, 9.17) is 0 Å². The highest BCUT2D eigenvalue weighted by Gasteiger charge is 2.25. The molecule has 1 aliphatic rings. The van der Waals surface area contributed by atoms with Crippen molar-refractivity contribution in [2.24, 2.45) is 5.92 Å². The van der Waals surface area contributed by atoms with Gasteiger partial charge >= 0.3 is 0 Å². The van der Waals surface area contributed by atoms with Gasteiger partial charge in [-0.25, -0.2) is 13.1 Å². The topological polar surface area (TPSA) is 111 Å². The minimum Gasteiger partial charge on any atom is -0.392 e. The Balaban J connectivity index is 1.63. The van der Waals surface area contributed by atoms with E-state index in [0.29, 0.717) is 25.0 Å². The Labute approximate surface area is 252 Å². The van der Waals surface area contributed by atoms with Gasteiger partial charge in [0, 0.05) is 30.4 Å². The summed E-state index contributed by atoms with van der Waals surface area (Å²) in [6.07, 6.45) is 11.4. The van der Waals surface area contributed by atoms with Crippen LogP contribution in [0.15, 0.2) is 108 Å². The van der Waals surface area contributed by atoms with Crippen LogP contribution in [0.25, 0.3) is 0 Å². The fourth-order valence-corrected chi connectivity index (χ4v) is 6.02.